The molecule has 0 bridgehead atoms. The van der Waals surface area contributed by atoms with Gasteiger partial charge in [-0.3, -0.25) is 5.01 Å². The molecular weight excluding hydrogens is 445 g/mol. The quantitative estimate of drug-likeness (QED) is 0.588. The molecule has 1 aliphatic rings. The van der Waals surface area contributed by atoms with Crippen LogP contribution in [0.1, 0.15) is 23.6 Å². The molecule has 0 spiro atoms. The number of nitrogens with zero attached hydrogens (tertiary/aromatic N) is 2. The molecular formula is C21H17Cl2N3O3S. The molecule has 6 nitrogen and oxygen atoms in total. The summed E-state index contributed by atoms with van der Waals surface area (Å²) in [5, 5.41) is 23.0. The van der Waals surface area contributed by atoms with Crippen LogP contribution in [0.15, 0.2) is 76.7 Å². The van der Waals surface area contributed by atoms with Crippen molar-refractivity contribution in [1.82, 2.24) is 0 Å². The maximum absolute atomic E-state index is 11.6. The lowest BCUT2D eigenvalue weighted by Crippen LogP contribution is -2.19. The Kier molecular flexibility index (Phi) is 5.46. The van der Waals surface area contributed by atoms with Crippen LogP contribution < -0.4 is 10.1 Å². The maximum atomic E-state index is 11.6. The molecule has 1 unspecified atom stereocenters. The summed E-state index contributed by atoms with van der Waals surface area (Å²) in [5.41, 5.74) is 2.93. The van der Waals surface area contributed by atoms with E-state index >= 15 is 0 Å². The molecule has 3 aromatic carbocycles. The summed E-state index contributed by atoms with van der Waals surface area (Å²) in [5.74, 6) is 0.152. The summed E-state index contributed by atoms with van der Waals surface area (Å²) >= 11 is 12.2. The fourth-order valence-corrected chi connectivity index (χ4v) is 4.21. The van der Waals surface area contributed by atoms with E-state index in [2.05, 4.69) is 0 Å². The lowest BCUT2D eigenvalue weighted by atomic mass is 9.97. The second kappa shape index (κ2) is 7.92. The number of benzene rings is 3. The number of hydrogen-bond acceptors (Lipinski definition) is 5. The third kappa shape index (κ3) is 4.02. The van der Waals surface area contributed by atoms with Gasteiger partial charge in [0.15, 0.2) is 0 Å². The Balaban J connectivity index is 1.78. The van der Waals surface area contributed by atoms with Crippen LogP contribution in [0.25, 0.3) is 0 Å². The predicted octanol–water partition coefficient (Wildman–Crippen LogP) is 4.70. The Labute approximate surface area is 184 Å². The third-order valence-corrected chi connectivity index (χ3v) is 6.56. The van der Waals surface area contributed by atoms with E-state index in [0.29, 0.717) is 27.7 Å². The average Bonchev–Trinajstić information content (AvgIpc) is 3.15. The van der Waals surface area contributed by atoms with Crippen molar-refractivity contribution in [1.29, 1.82) is 0 Å². The van der Waals surface area contributed by atoms with E-state index in [9.17, 15) is 13.5 Å². The number of para-hydroxylation sites is 1. The Morgan fingerprint density at radius 1 is 1.00 bits per heavy atom. The Morgan fingerprint density at radius 3 is 2.33 bits per heavy atom. The smallest absolute Gasteiger partial charge is 0.238 e. The van der Waals surface area contributed by atoms with Crippen LogP contribution in [-0.2, 0) is 10.0 Å². The number of rotatable bonds is 4. The van der Waals surface area contributed by atoms with Crippen LogP contribution in [0, 0.1) is 0 Å². The molecule has 0 radical (unpaired) electrons. The highest BCUT2D eigenvalue weighted by molar-refractivity contribution is 7.89. The van der Waals surface area contributed by atoms with E-state index in [1.165, 1.54) is 12.1 Å². The molecule has 9 heteroatoms. The van der Waals surface area contributed by atoms with E-state index in [-0.39, 0.29) is 16.7 Å². The van der Waals surface area contributed by atoms with E-state index in [0.717, 1.165) is 11.3 Å². The summed E-state index contributed by atoms with van der Waals surface area (Å²) in [6, 6.07) is 18.2. The van der Waals surface area contributed by atoms with E-state index in [1.807, 2.05) is 18.2 Å². The molecule has 1 atom stereocenters. The molecule has 30 heavy (non-hydrogen) atoms. The highest BCUT2D eigenvalue weighted by Gasteiger charge is 2.31. The number of primary sulfonamides is 1. The van der Waals surface area contributed by atoms with Crippen molar-refractivity contribution in [2.45, 2.75) is 17.4 Å². The number of nitrogens with two attached hydrogens (primary N) is 1. The minimum atomic E-state index is -3.80. The van der Waals surface area contributed by atoms with Gasteiger partial charge in [0.1, 0.15) is 5.75 Å². The molecule has 0 saturated carbocycles. The Morgan fingerprint density at radius 2 is 1.70 bits per heavy atom. The first kappa shape index (κ1) is 20.7. The van der Waals surface area contributed by atoms with Crippen LogP contribution >= 0.6 is 23.2 Å². The van der Waals surface area contributed by atoms with Gasteiger partial charge >= 0.3 is 0 Å². The minimum absolute atomic E-state index is 0.0123. The molecule has 4 rings (SSSR count). The third-order valence-electron chi connectivity index (χ3n) is 4.89. The normalized spacial score (nSPS) is 16.6. The van der Waals surface area contributed by atoms with E-state index in [4.69, 9.17) is 33.4 Å². The number of halogens is 2. The molecule has 1 heterocycles. The predicted molar refractivity (Wildman–Crippen MR) is 119 cm³/mol. The summed E-state index contributed by atoms with van der Waals surface area (Å²) in [7, 11) is -3.80. The molecule has 154 valence electrons. The molecule has 3 N–H and O–H groups in total. The van der Waals surface area contributed by atoms with Crippen molar-refractivity contribution in [3.63, 3.8) is 0 Å². The van der Waals surface area contributed by atoms with Gasteiger partial charge in [-0.25, -0.2) is 13.6 Å². The zero-order valence-electron chi connectivity index (χ0n) is 15.5. The van der Waals surface area contributed by atoms with Crippen LogP contribution in [0.5, 0.6) is 5.75 Å². The van der Waals surface area contributed by atoms with Crippen LogP contribution in [0.3, 0.4) is 0 Å². The standard InChI is InChI=1S/C21H17Cl2N3O3S/c22-17-10-5-13(11-18(17)23)19-12-20(16-3-1-2-4-21(16)27)26(25-19)14-6-8-15(9-7-14)30(24,28)29/h1-11,20,27H,12H2,(H2,24,28,29). The van der Waals surface area contributed by atoms with Crippen molar-refractivity contribution >= 4 is 44.6 Å². The molecule has 0 amide bonds. The van der Waals surface area contributed by atoms with Gasteiger partial charge in [-0.15, -0.1) is 0 Å². The number of hydrogen-bond donors (Lipinski definition) is 2. The van der Waals surface area contributed by atoms with Gasteiger partial charge < -0.3 is 5.11 Å². The summed E-state index contributed by atoms with van der Waals surface area (Å²) < 4.78 is 23.1. The van der Waals surface area contributed by atoms with Gasteiger partial charge in [0.05, 0.1) is 32.4 Å². The van der Waals surface area contributed by atoms with E-state index < -0.39 is 10.0 Å². The summed E-state index contributed by atoms with van der Waals surface area (Å²) in [4.78, 5) is 0.0123. The molecule has 0 aliphatic carbocycles. The van der Waals surface area contributed by atoms with Gasteiger partial charge in [0, 0.05) is 12.0 Å². The highest BCUT2D eigenvalue weighted by Crippen LogP contribution is 2.40. The molecule has 0 aromatic heterocycles. The van der Waals surface area contributed by atoms with Crippen molar-refractivity contribution in [2.24, 2.45) is 10.2 Å². The zero-order valence-corrected chi connectivity index (χ0v) is 17.9. The van der Waals surface area contributed by atoms with Crippen LogP contribution in [0.4, 0.5) is 5.69 Å². The fraction of sp³-hybridized carbons (Fsp3) is 0.0952. The van der Waals surface area contributed by atoms with Crippen molar-refractivity contribution in [2.75, 3.05) is 5.01 Å². The topological polar surface area (TPSA) is 96.0 Å². The largest absolute Gasteiger partial charge is 0.508 e. The lowest BCUT2D eigenvalue weighted by molar-refractivity contribution is 0.461. The number of anilines is 1. The van der Waals surface area contributed by atoms with Crippen molar-refractivity contribution in [3.8, 4) is 5.75 Å². The first-order valence-electron chi connectivity index (χ1n) is 8.97. The Bertz CT molecular complexity index is 1240. The SMILES string of the molecule is NS(=O)(=O)c1ccc(N2N=C(c3ccc(Cl)c(Cl)c3)CC2c2ccccc2O)cc1. The molecule has 3 aromatic rings. The minimum Gasteiger partial charge on any atom is -0.508 e. The number of phenols is 1. The number of hydrazone groups is 1. The van der Waals surface area contributed by atoms with Crippen molar-refractivity contribution < 1.29 is 13.5 Å². The van der Waals surface area contributed by atoms with Gasteiger partial charge in [-0.05, 0) is 48.0 Å². The number of sulfonamides is 1. The maximum Gasteiger partial charge on any atom is 0.238 e. The second-order valence-electron chi connectivity index (χ2n) is 6.84. The number of phenolic OH excluding ortho intramolecular Hbond substituents is 1. The zero-order chi connectivity index (χ0) is 21.5. The first-order valence-corrected chi connectivity index (χ1v) is 11.3. The fourth-order valence-electron chi connectivity index (χ4n) is 3.40. The van der Waals surface area contributed by atoms with E-state index in [1.54, 1.807) is 41.4 Å². The van der Waals surface area contributed by atoms with Gasteiger partial charge in [0.2, 0.25) is 10.0 Å². The van der Waals surface area contributed by atoms with Crippen LogP contribution in [-0.4, -0.2) is 19.2 Å². The number of aromatic hydroxyl groups is 1. The molecule has 0 saturated heterocycles. The van der Waals surface area contributed by atoms with Gasteiger partial charge in [0.25, 0.3) is 0 Å². The van der Waals surface area contributed by atoms with Crippen molar-refractivity contribution in [3.05, 3.63) is 87.9 Å². The molecule has 0 fully saturated rings. The summed E-state index contributed by atoms with van der Waals surface area (Å²) in [6.07, 6.45) is 0.506. The van der Waals surface area contributed by atoms with Gasteiger partial charge in [-0.2, -0.15) is 5.10 Å². The van der Waals surface area contributed by atoms with Crippen LogP contribution in [0.2, 0.25) is 10.0 Å². The molecule has 1 aliphatic heterocycles. The highest BCUT2D eigenvalue weighted by atomic mass is 35.5. The monoisotopic (exact) mass is 461 g/mol. The van der Waals surface area contributed by atoms with Gasteiger partial charge in [-0.1, -0.05) is 47.5 Å². The lowest BCUT2D eigenvalue weighted by Gasteiger charge is -2.24. The summed E-state index contributed by atoms with van der Waals surface area (Å²) in [6.45, 7) is 0. The second-order valence-corrected chi connectivity index (χ2v) is 9.21. The first-order chi connectivity index (χ1) is 14.2. The average molecular weight is 462 g/mol. The Hall–Kier alpha value is -2.58.